The van der Waals surface area contributed by atoms with Gasteiger partial charge < -0.3 is 5.32 Å². The van der Waals surface area contributed by atoms with Crippen LogP contribution in [-0.4, -0.2) is 10.9 Å². The summed E-state index contributed by atoms with van der Waals surface area (Å²) in [7, 11) is 0. The number of hydrogen-bond donors (Lipinski definition) is 1. The van der Waals surface area contributed by atoms with E-state index in [1.165, 1.54) is 16.9 Å². The molecule has 0 radical (unpaired) electrons. The Hall–Kier alpha value is -2.21. The molecule has 1 heterocycles. The third-order valence-electron chi connectivity index (χ3n) is 4.38. The second-order valence-corrected chi connectivity index (χ2v) is 7.87. The van der Waals surface area contributed by atoms with Crippen molar-refractivity contribution in [1.82, 2.24) is 4.98 Å². The van der Waals surface area contributed by atoms with E-state index in [1.54, 1.807) is 11.8 Å². The van der Waals surface area contributed by atoms with Crippen LogP contribution in [0.25, 0.3) is 0 Å². The first kappa shape index (κ1) is 19.5. The summed E-state index contributed by atoms with van der Waals surface area (Å²) < 4.78 is 0. The molecule has 0 spiro atoms. The van der Waals surface area contributed by atoms with Crippen molar-refractivity contribution in [2.24, 2.45) is 0 Å². The van der Waals surface area contributed by atoms with Gasteiger partial charge in [-0.05, 0) is 43.7 Å². The third kappa shape index (κ3) is 4.95. The van der Waals surface area contributed by atoms with E-state index in [0.717, 1.165) is 28.5 Å². The molecule has 0 aliphatic carbocycles. The summed E-state index contributed by atoms with van der Waals surface area (Å²) in [6.07, 6.45) is 0. The first-order chi connectivity index (χ1) is 12.9. The highest BCUT2D eigenvalue weighted by atomic mass is 35.5. The number of carbonyl (C=O) groups is 1. The van der Waals surface area contributed by atoms with E-state index in [-0.39, 0.29) is 5.91 Å². The number of benzene rings is 2. The Morgan fingerprint density at radius 2 is 2.00 bits per heavy atom. The standard InChI is InChI=1S/C21H22ClN3OS/c1-14-5-4-6-20(11-14)25(16(3)26)21-24-19(13-27-21)12-23-15(2)17-7-9-18(22)10-8-17/h4-11,13,15,23H,12H2,1-3H3/p+1/t15-/m1/s1. The van der Waals surface area contributed by atoms with Gasteiger partial charge in [0, 0.05) is 22.9 Å². The van der Waals surface area contributed by atoms with Gasteiger partial charge in [0.15, 0.2) is 5.13 Å². The molecule has 0 saturated carbocycles. The van der Waals surface area contributed by atoms with E-state index in [2.05, 4.69) is 17.2 Å². The number of amides is 1. The van der Waals surface area contributed by atoms with E-state index in [1.807, 2.05) is 60.8 Å². The molecule has 0 aliphatic rings. The normalized spacial score (nSPS) is 12.0. The van der Waals surface area contributed by atoms with E-state index in [9.17, 15) is 4.79 Å². The molecule has 1 aromatic heterocycles. The molecule has 140 valence electrons. The van der Waals surface area contributed by atoms with Gasteiger partial charge in [0.2, 0.25) is 5.91 Å². The van der Waals surface area contributed by atoms with Gasteiger partial charge in [-0.15, -0.1) is 11.3 Å². The van der Waals surface area contributed by atoms with Gasteiger partial charge in [0.05, 0.1) is 5.69 Å². The van der Waals surface area contributed by atoms with Gasteiger partial charge in [0.1, 0.15) is 18.3 Å². The summed E-state index contributed by atoms with van der Waals surface area (Å²) in [6.45, 7) is 6.49. The fourth-order valence-electron chi connectivity index (χ4n) is 2.89. The number of hydrogen-bond acceptors (Lipinski definition) is 3. The fourth-order valence-corrected chi connectivity index (χ4v) is 3.91. The van der Waals surface area contributed by atoms with Crippen LogP contribution in [0.4, 0.5) is 10.8 Å². The van der Waals surface area contributed by atoms with Crippen LogP contribution in [-0.2, 0) is 11.3 Å². The van der Waals surface area contributed by atoms with Gasteiger partial charge in [-0.1, -0.05) is 35.9 Å². The van der Waals surface area contributed by atoms with Gasteiger partial charge in [-0.3, -0.25) is 9.69 Å². The van der Waals surface area contributed by atoms with Crippen LogP contribution in [0.2, 0.25) is 5.02 Å². The molecular formula is C21H23ClN3OS+. The zero-order chi connectivity index (χ0) is 19.4. The lowest BCUT2D eigenvalue weighted by atomic mass is 10.1. The lowest BCUT2D eigenvalue weighted by Crippen LogP contribution is -2.83. The minimum atomic E-state index is -0.0417. The molecule has 3 rings (SSSR count). The van der Waals surface area contributed by atoms with Crippen molar-refractivity contribution in [3.8, 4) is 0 Å². The molecule has 1 atom stereocenters. The first-order valence-electron chi connectivity index (χ1n) is 8.84. The van der Waals surface area contributed by atoms with Crippen molar-refractivity contribution in [3.05, 3.63) is 75.8 Å². The summed E-state index contributed by atoms with van der Waals surface area (Å²) in [5.74, 6) is -0.0417. The Morgan fingerprint density at radius 1 is 1.26 bits per heavy atom. The fraction of sp³-hybridized carbons (Fsp3) is 0.238. The highest BCUT2D eigenvalue weighted by Crippen LogP contribution is 2.29. The quantitative estimate of drug-likeness (QED) is 0.656. The van der Waals surface area contributed by atoms with Crippen LogP contribution in [0.3, 0.4) is 0 Å². The maximum absolute atomic E-state index is 12.2. The molecule has 0 saturated heterocycles. The maximum Gasteiger partial charge on any atom is 0.230 e. The van der Waals surface area contributed by atoms with Crippen LogP contribution >= 0.6 is 22.9 Å². The lowest BCUT2D eigenvalue weighted by molar-refractivity contribution is -0.708. The number of quaternary nitrogens is 1. The number of rotatable bonds is 6. The smallest absolute Gasteiger partial charge is 0.230 e. The van der Waals surface area contributed by atoms with E-state index >= 15 is 0 Å². The zero-order valence-corrected chi connectivity index (χ0v) is 17.2. The van der Waals surface area contributed by atoms with Crippen molar-refractivity contribution in [3.63, 3.8) is 0 Å². The predicted octanol–water partition coefficient (Wildman–Crippen LogP) is 4.61. The molecule has 1 amide bonds. The molecule has 4 nitrogen and oxygen atoms in total. The molecule has 2 N–H and O–H groups in total. The van der Waals surface area contributed by atoms with E-state index < -0.39 is 0 Å². The predicted molar refractivity (Wildman–Crippen MR) is 112 cm³/mol. The number of aryl methyl sites for hydroxylation is 1. The van der Waals surface area contributed by atoms with Crippen LogP contribution in [0.1, 0.15) is 36.7 Å². The highest BCUT2D eigenvalue weighted by Gasteiger charge is 2.19. The molecule has 2 aromatic carbocycles. The second kappa shape index (κ2) is 8.65. The number of aromatic nitrogens is 1. The number of nitrogens with two attached hydrogens (primary N) is 1. The monoisotopic (exact) mass is 400 g/mol. The first-order valence-corrected chi connectivity index (χ1v) is 10.1. The molecule has 0 aliphatic heterocycles. The number of anilines is 2. The van der Waals surface area contributed by atoms with Gasteiger partial charge >= 0.3 is 0 Å². The van der Waals surface area contributed by atoms with Crippen molar-refractivity contribution in [1.29, 1.82) is 0 Å². The molecule has 3 aromatic rings. The van der Waals surface area contributed by atoms with Gasteiger partial charge in [0.25, 0.3) is 0 Å². The van der Waals surface area contributed by atoms with Crippen LogP contribution in [0, 0.1) is 6.92 Å². The van der Waals surface area contributed by atoms with Crippen molar-refractivity contribution in [2.75, 3.05) is 4.90 Å². The Bertz CT molecular complexity index is 923. The largest absolute Gasteiger partial charge is 0.335 e. The Morgan fingerprint density at radius 3 is 2.67 bits per heavy atom. The molecule has 6 heteroatoms. The highest BCUT2D eigenvalue weighted by molar-refractivity contribution is 7.14. The van der Waals surface area contributed by atoms with E-state index in [4.69, 9.17) is 11.6 Å². The summed E-state index contributed by atoms with van der Waals surface area (Å²) in [5.41, 5.74) is 4.15. The molecule has 27 heavy (non-hydrogen) atoms. The molecule has 0 fully saturated rings. The average Bonchev–Trinajstić information content (AvgIpc) is 3.08. The number of halogens is 1. The van der Waals surface area contributed by atoms with Crippen LogP contribution in [0.15, 0.2) is 53.9 Å². The summed E-state index contributed by atoms with van der Waals surface area (Å²) in [5, 5.41) is 5.70. The lowest BCUT2D eigenvalue weighted by Gasteiger charge is -2.18. The topological polar surface area (TPSA) is 49.8 Å². The molecule has 0 unspecified atom stereocenters. The van der Waals surface area contributed by atoms with Crippen LogP contribution in [0.5, 0.6) is 0 Å². The second-order valence-electron chi connectivity index (χ2n) is 6.59. The minimum absolute atomic E-state index is 0.0417. The molecule has 0 bridgehead atoms. The van der Waals surface area contributed by atoms with Crippen molar-refractivity contribution >= 4 is 39.7 Å². The Balaban J connectivity index is 1.71. The zero-order valence-electron chi connectivity index (χ0n) is 15.6. The summed E-state index contributed by atoms with van der Waals surface area (Å²) in [4.78, 5) is 18.6. The number of carbonyl (C=O) groups excluding carboxylic acids is 1. The average molecular weight is 401 g/mol. The number of thiazole rings is 1. The SMILES string of the molecule is CC(=O)N(c1cccc(C)c1)c1nc(C[NH2+][C@H](C)c2ccc(Cl)cc2)cs1. The van der Waals surface area contributed by atoms with Gasteiger partial charge in [-0.25, -0.2) is 4.98 Å². The van der Waals surface area contributed by atoms with Crippen LogP contribution < -0.4 is 10.2 Å². The Labute approximate surface area is 168 Å². The summed E-state index contributed by atoms with van der Waals surface area (Å²) in [6, 6.07) is 16.1. The van der Waals surface area contributed by atoms with E-state index in [0.29, 0.717) is 11.2 Å². The van der Waals surface area contributed by atoms with Gasteiger partial charge in [-0.2, -0.15) is 0 Å². The molecular weight excluding hydrogens is 378 g/mol. The third-order valence-corrected chi connectivity index (χ3v) is 5.51. The number of nitrogens with zero attached hydrogens (tertiary/aromatic N) is 2. The minimum Gasteiger partial charge on any atom is -0.335 e. The summed E-state index contributed by atoms with van der Waals surface area (Å²) >= 11 is 7.45. The van der Waals surface area contributed by atoms with Crippen molar-refractivity contribution < 1.29 is 10.1 Å². The maximum atomic E-state index is 12.2. The van der Waals surface area contributed by atoms with Crippen molar-refractivity contribution in [2.45, 2.75) is 33.4 Å². The Kier molecular flexibility index (Phi) is 6.26.